The largest absolute Gasteiger partial charge is 0.450 e. The summed E-state index contributed by atoms with van der Waals surface area (Å²) >= 11 is 12.5. The highest BCUT2D eigenvalue weighted by Gasteiger charge is 2.42. The van der Waals surface area contributed by atoms with Crippen molar-refractivity contribution in [1.29, 1.82) is 0 Å². The third-order valence-electron chi connectivity index (χ3n) is 5.62. The molecule has 0 saturated carbocycles. The first kappa shape index (κ1) is 19.9. The summed E-state index contributed by atoms with van der Waals surface area (Å²) in [7, 11) is 0. The predicted octanol–water partition coefficient (Wildman–Crippen LogP) is 6.15. The van der Waals surface area contributed by atoms with E-state index in [4.69, 9.17) is 27.6 Å². The molecular weight excluding hydrogens is 433 g/mol. The average molecular weight is 450 g/mol. The lowest BCUT2D eigenvalue weighted by molar-refractivity contribution is 0.0714. The standard InChI is InChI=1S/C25H17Cl2NO3/c1-14-6-8-15(9-7-14)22-21-23(29)18-12-17(26)10-11-20(18)31-24(21)25(30)28(22)13-16-4-2-3-5-19(16)27/h2-12,22H,13H2,1H3. The number of hydrogen-bond donors (Lipinski definition) is 0. The Kier molecular flexibility index (Phi) is 4.84. The molecule has 1 aromatic heterocycles. The molecule has 1 amide bonds. The van der Waals surface area contributed by atoms with Crippen LogP contribution in [0.4, 0.5) is 0 Å². The fourth-order valence-corrected chi connectivity index (χ4v) is 4.43. The van der Waals surface area contributed by atoms with Crippen molar-refractivity contribution in [3.8, 4) is 0 Å². The Bertz CT molecular complexity index is 1390. The van der Waals surface area contributed by atoms with Crippen LogP contribution in [0.3, 0.4) is 0 Å². The van der Waals surface area contributed by atoms with Gasteiger partial charge in [-0.15, -0.1) is 0 Å². The highest BCUT2D eigenvalue weighted by atomic mass is 35.5. The predicted molar refractivity (Wildman–Crippen MR) is 122 cm³/mol. The molecule has 1 aliphatic rings. The fourth-order valence-electron chi connectivity index (χ4n) is 4.06. The molecule has 3 aromatic carbocycles. The van der Waals surface area contributed by atoms with Gasteiger partial charge in [0.15, 0.2) is 5.43 Å². The van der Waals surface area contributed by atoms with Gasteiger partial charge in [-0.1, -0.05) is 71.2 Å². The van der Waals surface area contributed by atoms with E-state index >= 15 is 0 Å². The van der Waals surface area contributed by atoms with Crippen LogP contribution >= 0.6 is 23.2 Å². The van der Waals surface area contributed by atoms with Gasteiger partial charge in [-0.3, -0.25) is 9.59 Å². The Labute approximate surface area is 188 Å². The van der Waals surface area contributed by atoms with Gasteiger partial charge in [-0.05, 0) is 42.3 Å². The van der Waals surface area contributed by atoms with Crippen molar-refractivity contribution in [3.05, 3.63) is 115 Å². The average Bonchev–Trinajstić information content (AvgIpc) is 3.03. The summed E-state index contributed by atoms with van der Waals surface area (Å²) in [6, 6.07) is 19.4. The molecule has 0 radical (unpaired) electrons. The monoisotopic (exact) mass is 449 g/mol. The number of rotatable bonds is 3. The zero-order chi connectivity index (χ0) is 21.7. The van der Waals surface area contributed by atoms with Gasteiger partial charge in [-0.2, -0.15) is 0 Å². The van der Waals surface area contributed by atoms with Crippen molar-refractivity contribution in [3.63, 3.8) is 0 Å². The molecule has 4 aromatic rings. The van der Waals surface area contributed by atoms with Crippen molar-refractivity contribution >= 4 is 40.1 Å². The second kappa shape index (κ2) is 7.56. The fraction of sp³-hybridized carbons (Fsp3) is 0.120. The molecular formula is C25H17Cl2NO3. The highest BCUT2D eigenvalue weighted by molar-refractivity contribution is 6.31. The van der Waals surface area contributed by atoms with Gasteiger partial charge in [0, 0.05) is 16.6 Å². The van der Waals surface area contributed by atoms with Gasteiger partial charge in [0.1, 0.15) is 5.58 Å². The minimum Gasteiger partial charge on any atom is -0.450 e. The molecule has 1 aliphatic heterocycles. The normalized spacial score (nSPS) is 15.5. The van der Waals surface area contributed by atoms with Crippen LogP contribution in [0.5, 0.6) is 0 Å². The minimum absolute atomic E-state index is 0.0671. The third-order valence-corrected chi connectivity index (χ3v) is 6.22. The van der Waals surface area contributed by atoms with Crippen LogP contribution in [0.2, 0.25) is 10.0 Å². The van der Waals surface area contributed by atoms with Crippen molar-refractivity contribution in [2.24, 2.45) is 0 Å². The van der Waals surface area contributed by atoms with Crippen molar-refractivity contribution in [2.45, 2.75) is 19.5 Å². The van der Waals surface area contributed by atoms with E-state index in [9.17, 15) is 9.59 Å². The molecule has 6 heteroatoms. The molecule has 154 valence electrons. The first-order valence-electron chi connectivity index (χ1n) is 9.81. The second-order valence-corrected chi connectivity index (χ2v) is 8.50. The van der Waals surface area contributed by atoms with Crippen molar-refractivity contribution in [2.75, 3.05) is 0 Å². The Morgan fingerprint density at radius 1 is 0.968 bits per heavy atom. The summed E-state index contributed by atoms with van der Waals surface area (Å²) in [5, 5.41) is 1.35. The van der Waals surface area contributed by atoms with Gasteiger partial charge >= 0.3 is 0 Å². The van der Waals surface area contributed by atoms with Crippen molar-refractivity contribution < 1.29 is 9.21 Å². The lowest BCUT2D eigenvalue weighted by Crippen LogP contribution is -2.29. The minimum atomic E-state index is -0.584. The number of carbonyl (C=O) groups excluding carboxylic acids is 1. The first-order chi connectivity index (χ1) is 14.9. The first-order valence-corrected chi connectivity index (χ1v) is 10.6. The maximum Gasteiger partial charge on any atom is 0.291 e. The second-order valence-electron chi connectivity index (χ2n) is 7.65. The zero-order valence-electron chi connectivity index (χ0n) is 16.6. The third kappa shape index (κ3) is 3.32. The van der Waals surface area contributed by atoms with Crippen LogP contribution in [-0.4, -0.2) is 10.8 Å². The number of benzene rings is 3. The number of hydrogen-bond acceptors (Lipinski definition) is 3. The molecule has 0 spiro atoms. The van der Waals surface area contributed by atoms with Crippen molar-refractivity contribution in [1.82, 2.24) is 4.90 Å². The molecule has 0 fully saturated rings. The van der Waals surface area contributed by atoms with E-state index in [1.165, 1.54) is 0 Å². The van der Waals surface area contributed by atoms with Crippen LogP contribution in [0.25, 0.3) is 11.0 Å². The molecule has 0 saturated heterocycles. The van der Waals surface area contributed by atoms with Crippen LogP contribution in [0, 0.1) is 6.92 Å². The quantitative estimate of drug-likeness (QED) is 0.376. The van der Waals surface area contributed by atoms with Gasteiger partial charge in [0.05, 0.1) is 17.0 Å². The van der Waals surface area contributed by atoms with E-state index < -0.39 is 6.04 Å². The number of nitrogens with zero attached hydrogens (tertiary/aromatic N) is 1. The molecule has 4 nitrogen and oxygen atoms in total. The molecule has 1 atom stereocenters. The summed E-state index contributed by atoms with van der Waals surface area (Å²) in [6.07, 6.45) is 0. The van der Waals surface area contributed by atoms with E-state index in [-0.39, 0.29) is 23.6 Å². The maximum atomic E-state index is 13.5. The molecule has 0 aliphatic carbocycles. The Hall–Kier alpha value is -3.08. The van der Waals surface area contributed by atoms with Gasteiger partial charge in [0.2, 0.25) is 5.76 Å². The Balaban J connectivity index is 1.74. The molecule has 0 bridgehead atoms. The molecule has 31 heavy (non-hydrogen) atoms. The summed E-state index contributed by atoms with van der Waals surface area (Å²) < 4.78 is 5.94. The Morgan fingerprint density at radius 2 is 1.71 bits per heavy atom. The van der Waals surface area contributed by atoms with Crippen LogP contribution in [0.1, 0.15) is 38.9 Å². The summed E-state index contributed by atoms with van der Waals surface area (Å²) in [6.45, 7) is 2.24. The summed E-state index contributed by atoms with van der Waals surface area (Å²) in [4.78, 5) is 28.6. The van der Waals surface area contributed by atoms with Crippen LogP contribution < -0.4 is 5.43 Å². The topological polar surface area (TPSA) is 50.5 Å². The Morgan fingerprint density at radius 3 is 2.45 bits per heavy atom. The molecule has 5 rings (SSSR count). The van der Waals surface area contributed by atoms with Crippen LogP contribution in [0.15, 0.2) is 75.9 Å². The van der Waals surface area contributed by atoms with Gasteiger partial charge in [0.25, 0.3) is 5.91 Å². The summed E-state index contributed by atoms with van der Waals surface area (Å²) in [5.41, 5.74) is 3.13. The van der Waals surface area contributed by atoms with E-state index in [2.05, 4.69) is 0 Å². The smallest absolute Gasteiger partial charge is 0.291 e. The van der Waals surface area contributed by atoms with Gasteiger partial charge in [-0.25, -0.2) is 0 Å². The SMILES string of the molecule is Cc1ccc(C2c3c(oc4ccc(Cl)cc4c3=O)C(=O)N2Cc2ccccc2Cl)cc1. The molecule has 0 N–H and O–H groups in total. The van der Waals surface area contributed by atoms with Crippen LogP contribution in [-0.2, 0) is 6.54 Å². The highest BCUT2D eigenvalue weighted by Crippen LogP contribution is 2.40. The number of amides is 1. The van der Waals surface area contributed by atoms with Gasteiger partial charge < -0.3 is 9.32 Å². The van der Waals surface area contributed by atoms with E-state index in [1.807, 2.05) is 49.4 Å². The molecule has 2 heterocycles. The maximum absolute atomic E-state index is 13.5. The van der Waals surface area contributed by atoms with E-state index in [0.717, 1.165) is 16.7 Å². The number of aryl methyl sites for hydroxylation is 1. The lowest BCUT2D eigenvalue weighted by Gasteiger charge is -2.25. The zero-order valence-corrected chi connectivity index (χ0v) is 18.1. The van der Waals surface area contributed by atoms with E-state index in [1.54, 1.807) is 29.2 Å². The number of carbonyl (C=O) groups is 1. The molecule has 1 unspecified atom stereocenters. The summed E-state index contributed by atoms with van der Waals surface area (Å²) in [5.74, 6) is -0.271. The number of fused-ring (bicyclic) bond motifs is 2. The lowest BCUT2D eigenvalue weighted by atomic mass is 9.97. The van der Waals surface area contributed by atoms with E-state index in [0.29, 0.717) is 26.6 Å². The number of halogens is 2.